The molecule has 0 aliphatic carbocycles. The van der Waals surface area contributed by atoms with Gasteiger partial charge in [0.2, 0.25) is 0 Å². The lowest BCUT2D eigenvalue weighted by atomic mass is 10.4. The van der Waals surface area contributed by atoms with E-state index in [9.17, 15) is 14.9 Å². The van der Waals surface area contributed by atoms with E-state index in [-0.39, 0.29) is 10.8 Å². The van der Waals surface area contributed by atoms with Crippen molar-refractivity contribution < 1.29 is 14.1 Å². The number of hydrogen-bond donors (Lipinski definition) is 1. The van der Waals surface area contributed by atoms with E-state index in [0.29, 0.717) is 9.55 Å². The number of furan rings is 1. The second-order valence-corrected chi connectivity index (χ2v) is 5.11. The number of nitrogens with zero attached hydrogens (tertiary/aromatic N) is 2. The minimum atomic E-state index is -0.506. The number of nitro groups is 1. The maximum absolute atomic E-state index is 11.5. The summed E-state index contributed by atoms with van der Waals surface area (Å²) in [6.07, 6.45) is 1.33. The number of thiophene rings is 1. The number of amides is 1. The molecule has 0 atom stereocenters. The predicted octanol–water partition coefficient (Wildman–Crippen LogP) is 2.78. The molecule has 0 radical (unpaired) electrons. The summed E-state index contributed by atoms with van der Waals surface area (Å²) in [7, 11) is 0. The first kappa shape index (κ1) is 13.4. The lowest BCUT2D eigenvalue weighted by Gasteiger charge is -1.93. The second-order valence-electron chi connectivity index (χ2n) is 3.24. The third-order valence-corrected chi connectivity index (χ3v) is 3.35. The van der Waals surface area contributed by atoms with E-state index in [4.69, 9.17) is 4.42 Å². The summed E-state index contributed by atoms with van der Waals surface area (Å²) in [6.45, 7) is 0. The van der Waals surface area contributed by atoms with Crippen molar-refractivity contribution in [3.05, 3.63) is 49.7 Å². The van der Waals surface area contributed by atoms with Crippen LogP contribution in [0.3, 0.4) is 0 Å². The molecule has 0 spiro atoms. The van der Waals surface area contributed by atoms with Crippen LogP contribution in [0, 0.1) is 10.1 Å². The molecule has 2 aromatic heterocycles. The summed E-state index contributed by atoms with van der Waals surface area (Å²) in [5, 5.41) is 14.2. The first-order chi connectivity index (χ1) is 9.06. The molecular weight excluding hydrogens is 338 g/mol. The Morgan fingerprint density at radius 2 is 2.26 bits per heavy atom. The molecule has 0 aliphatic heterocycles. The van der Waals surface area contributed by atoms with Crippen LogP contribution in [0.4, 0.5) is 5.00 Å². The number of rotatable bonds is 4. The van der Waals surface area contributed by atoms with Crippen LogP contribution in [-0.2, 0) is 0 Å². The van der Waals surface area contributed by atoms with Gasteiger partial charge in [-0.15, -0.1) is 0 Å². The van der Waals surface area contributed by atoms with Gasteiger partial charge in [-0.3, -0.25) is 14.9 Å². The average Bonchev–Trinajstić information content (AvgIpc) is 2.98. The van der Waals surface area contributed by atoms with Crippen LogP contribution in [0.1, 0.15) is 15.4 Å². The molecule has 0 aromatic carbocycles. The van der Waals surface area contributed by atoms with Gasteiger partial charge in [0.25, 0.3) is 0 Å². The third kappa shape index (κ3) is 3.48. The van der Waals surface area contributed by atoms with Crippen molar-refractivity contribution in [2.45, 2.75) is 0 Å². The first-order valence-corrected chi connectivity index (χ1v) is 6.50. The van der Waals surface area contributed by atoms with Crippen LogP contribution in [0.15, 0.2) is 38.5 Å². The van der Waals surface area contributed by atoms with E-state index >= 15 is 0 Å². The molecule has 0 saturated heterocycles. The zero-order valence-electron chi connectivity index (χ0n) is 9.20. The van der Waals surface area contributed by atoms with Gasteiger partial charge in [0.1, 0.15) is 0 Å². The van der Waals surface area contributed by atoms with Crippen LogP contribution in [0.5, 0.6) is 0 Å². The van der Waals surface area contributed by atoms with Gasteiger partial charge in [-0.1, -0.05) is 11.3 Å². The number of hydrogen-bond acceptors (Lipinski definition) is 6. The van der Waals surface area contributed by atoms with Gasteiger partial charge in [0.05, 0.1) is 16.0 Å². The highest BCUT2D eigenvalue weighted by Crippen LogP contribution is 2.22. The summed E-state index contributed by atoms with van der Waals surface area (Å²) in [5.41, 5.74) is 2.25. The van der Waals surface area contributed by atoms with Crippen LogP contribution in [-0.4, -0.2) is 17.0 Å². The molecule has 19 heavy (non-hydrogen) atoms. The maximum atomic E-state index is 11.5. The van der Waals surface area contributed by atoms with Crippen LogP contribution in [0.2, 0.25) is 0 Å². The standard InChI is InChI=1S/C10H6BrN3O4S/c11-8-3-2-7(18-8)10(15)13-12-5-6-1-4-9(19-6)14(16)17/h1-5H,(H,13,15)/b12-5-. The minimum absolute atomic E-state index is 0.0164. The smallest absolute Gasteiger partial charge is 0.324 e. The molecule has 0 bridgehead atoms. The highest BCUT2D eigenvalue weighted by atomic mass is 79.9. The van der Waals surface area contributed by atoms with E-state index in [1.807, 2.05) is 0 Å². The van der Waals surface area contributed by atoms with Crippen LogP contribution in [0.25, 0.3) is 0 Å². The zero-order valence-corrected chi connectivity index (χ0v) is 11.6. The summed E-state index contributed by atoms with van der Waals surface area (Å²) in [6, 6.07) is 5.99. The number of nitrogens with one attached hydrogen (secondary N) is 1. The fourth-order valence-electron chi connectivity index (χ4n) is 1.16. The van der Waals surface area contributed by atoms with Crippen molar-refractivity contribution in [3.63, 3.8) is 0 Å². The van der Waals surface area contributed by atoms with Crippen LogP contribution >= 0.6 is 27.3 Å². The Balaban J connectivity index is 1.96. The van der Waals surface area contributed by atoms with E-state index in [1.54, 1.807) is 12.1 Å². The zero-order chi connectivity index (χ0) is 13.8. The number of carbonyl (C=O) groups is 1. The SMILES string of the molecule is O=C(N/N=C\c1ccc([N+](=O)[O-])s1)c1ccc(Br)o1. The lowest BCUT2D eigenvalue weighted by Crippen LogP contribution is -2.16. The molecule has 1 N–H and O–H groups in total. The first-order valence-electron chi connectivity index (χ1n) is 4.89. The van der Waals surface area contributed by atoms with E-state index in [1.165, 1.54) is 18.3 Å². The van der Waals surface area contributed by atoms with Gasteiger partial charge in [0, 0.05) is 6.07 Å². The Morgan fingerprint density at radius 1 is 1.47 bits per heavy atom. The van der Waals surface area contributed by atoms with Crippen molar-refractivity contribution in [1.82, 2.24) is 5.43 Å². The molecular formula is C10H6BrN3O4S. The van der Waals surface area contributed by atoms with E-state index in [0.717, 1.165) is 11.3 Å². The highest BCUT2D eigenvalue weighted by Gasteiger charge is 2.10. The topological polar surface area (TPSA) is 97.7 Å². The molecule has 98 valence electrons. The third-order valence-electron chi connectivity index (χ3n) is 1.95. The van der Waals surface area contributed by atoms with Gasteiger partial charge in [0.15, 0.2) is 10.4 Å². The molecule has 0 aliphatic rings. The van der Waals surface area contributed by atoms with Gasteiger partial charge < -0.3 is 4.42 Å². The number of halogens is 1. The van der Waals surface area contributed by atoms with Crippen molar-refractivity contribution >= 4 is 44.4 Å². The normalized spacial score (nSPS) is 10.8. The molecule has 7 nitrogen and oxygen atoms in total. The van der Waals surface area contributed by atoms with E-state index < -0.39 is 10.8 Å². The number of carbonyl (C=O) groups excluding carboxylic acids is 1. The summed E-state index contributed by atoms with van der Waals surface area (Å²) >= 11 is 4.04. The molecule has 9 heteroatoms. The Bertz CT molecular complexity index is 649. The Morgan fingerprint density at radius 3 is 2.84 bits per heavy atom. The van der Waals surface area contributed by atoms with Gasteiger partial charge in [-0.25, -0.2) is 5.43 Å². The quantitative estimate of drug-likeness (QED) is 0.524. The molecule has 2 heterocycles. The number of hydrazone groups is 1. The molecule has 1 amide bonds. The lowest BCUT2D eigenvalue weighted by molar-refractivity contribution is -0.380. The highest BCUT2D eigenvalue weighted by molar-refractivity contribution is 9.10. The molecule has 0 saturated carbocycles. The van der Waals surface area contributed by atoms with Crippen molar-refractivity contribution in [2.24, 2.45) is 5.10 Å². The Hall–Kier alpha value is -2.00. The maximum Gasteiger partial charge on any atom is 0.324 e. The Kier molecular flexibility index (Phi) is 4.07. The largest absolute Gasteiger partial charge is 0.444 e. The van der Waals surface area contributed by atoms with Crippen molar-refractivity contribution in [3.8, 4) is 0 Å². The second kappa shape index (κ2) is 5.76. The van der Waals surface area contributed by atoms with Crippen LogP contribution < -0.4 is 5.43 Å². The minimum Gasteiger partial charge on any atom is -0.444 e. The molecule has 0 fully saturated rings. The average molecular weight is 344 g/mol. The van der Waals surface area contributed by atoms with Gasteiger partial charge in [-0.2, -0.15) is 5.10 Å². The molecule has 2 aromatic rings. The summed E-state index contributed by atoms with van der Waals surface area (Å²) < 4.78 is 5.47. The summed E-state index contributed by atoms with van der Waals surface area (Å²) in [5.74, 6) is -0.394. The molecule has 2 rings (SSSR count). The van der Waals surface area contributed by atoms with Crippen molar-refractivity contribution in [2.75, 3.05) is 0 Å². The predicted molar refractivity (Wildman–Crippen MR) is 72.4 cm³/mol. The van der Waals surface area contributed by atoms with Crippen molar-refractivity contribution in [1.29, 1.82) is 0 Å². The monoisotopic (exact) mass is 343 g/mol. The van der Waals surface area contributed by atoms with Gasteiger partial charge >= 0.3 is 10.9 Å². The fraction of sp³-hybridized carbons (Fsp3) is 0. The summed E-state index contributed by atoms with van der Waals surface area (Å²) in [4.78, 5) is 22.1. The van der Waals surface area contributed by atoms with E-state index in [2.05, 4.69) is 26.5 Å². The fourth-order valence-corrected chi connectivity index (χ4v) is 2.16. The Labute approximate surface area is 119 Å². The van der Waals surface area contributed by atoms with Gasteiger partial charge in [-0.05, 0) is 34.1 Å². The molecule has 0 unspecified atom stereocenters.